The van der Waals surface area contributed by atoms with Crippen LogP contribution in [0.1, 0.15) is 48.0 Å². The highest BCUT2D eigenvalue weighted by Crippen LogP contribution is 2.25. The summed E-state index contributed by atoms with van der Waals surface area (Å²) in [6.07, 6.45) is 5.51. The predicted octanol–water partition coefficient (Wildman–Crippen LogP) is 4.33. The molecule has 1 aliphatic rings. The summed E-state index contributed by atoms with van der Waals surface area (Å²) in [5, 5.41) is 17.6. The first-order valence-corrected chi connectivity index (χ1v) is 10.2. The summed E-state index contributed by atoms with van der Waals surface area (Å²) in [6.45, 7) is 0. The molecular weight excluding hydrogens is 378 g/mol. The number of nitrogens with one attached hydrogen (secondary N) is 3. The number of hydrogen-bond acceptors (Lipinski definition) is 4. The van der Waals surface area contributed by atoms with Crippen LogP contribution < -0.4 is 20.9 Å². The fraction of sp³-hybridized carbons (Fsp3) is 0.348. The van der Waals surface area contributed by atoms with Crippen LogP contribution in [0.25, 0.3) is 0 Å². The third-order valence-electron chi connectivity index (χ3n) is 5.17. The maximum absolute atomic E-state index is 12.9. The summed E-state index contributed by atoms with van der Waals surface area (Å²) < 4.78 is 0. The summed E-state index contributed by atoms with van der Waals surface area (Å²) in [7, 11) is 3.77. The van der Waals surface area contributed by atoms with Gasteiger partial charge in [0.2, 0.25) is 0 Å². The molecule has 7 nitrogen and oxygen atoms in total. The molecule has 1 fully saturated rings. The molecule has 2 aromatic carbocycles. The highest BCUT2D eigenvalue weighted by atomic mass is 16.2. The van der Waals surface area contributed by atoms with Crippen LogP contribution >= 0.6 is 0 Å². The molecule has 1 saturated carbocycles. The molecule has 0 radical (unpaired) electrons. The predicted molar refractivity (Wildman–Crippen MR) is 119 cm³/mol. The quantitative estimate of drug-likeness (QED) is 0.690. The van der Waals surface area contributed by atoms with Crippen LogP contribution in [0.4, 0.5) is 21.9 Å². The second-order valence-corrected chi connectivity index (χ2v) is 7.71. The topological polar surface area (TPSA) is 97.3 Å². The summed E-state index contributed by atoms with van der Waals surface area (Å²) in [5.74, 6) is -0.128. The van der Waals surface area contributed by atoms with Gasteiger partial charge in [-0.2, -0.15) is 5.26 Å². The van der Waals surface area contributed by atoms with Crippen molar-refractivity contribution in [3.8, 4) is 6.07 Å². The van der Waals surface area contributed by atoms with Gasteiger partial charge in [0.25, 0.3) is 5.91 Å². The number of nitrogens with zero attached hydrogens (tertiary/aromatic N) is 2. The summed E-state index contributed by atoms with van der Waals surface area (Å²) >= 11 is 0. The molecule has 0 bridgehead atoms. The number of benzene rings is 2. The first-order valence-electron chi connectivity index (χ1n) is 10.2. The zero-order chi connectivity index (χ0) is 21.5. The van der Waals surface area contributed by atoms with Crippen molar-refractivity contribution < 1.29 is 9.59 Å². The number of anilines is 3. The van der Waals surface area contributed by atoms with Gasteiger partial charge < -0.3 is 20.9 Å². The Morgan fingerprint density at radius 2 is 1.70 bits per heavy atom. The lowest BCUT2D eigenvalue weighted by Gasteiger charge is -2.24. The van der Waals surface area contributed by atoms with Gasteiger partial charge in [0.15, 0.2) is 0 Å². The Balaban J connectivity index is 1.73. The first kappa shape index (κ1) is 21.2. The Morgan fingerprint density at radius 3 is 2.37 bits per heavy atom. The third-order valence-corrected chi connectivity index (χ3v) is 5.17. The summed E-state index contributed by atoms with van der Waals surface area (Å²) in [5.41, 5.74) is 2.81. The standard InChI is InChI=1S/C23H27N5O2/c1-28(2)21-12-11-19(14-20(21)22(29)25-17-8-4-3-5-9-17)27-23(30)26-18-10-6-7-16(13-18)15-24/h6-7,10-14,17H,3-5,8-9H2,1-2H3,(H,25,29)(H2,26,27,30). The molecule has 2 aromatic rings. The minimum Gasteiger partial charge on any atom is -0.377 e. The van der Waals surface area contributed by atoms with E-state index in [9.17, 15) is 9.59 Å². The van der Waals surface area contributed by atoms with Crippen molar-refractivity contribution in [3.63, 3.8) is 0 Å². The molecule has 3 rings (SSSR count). The van der Waals surface area contributed by atoms with Crippen LogP contribution in [-0.4, -0.2) is 32.1 Å². The lowest BCUT2D eigenvalue weighted by Crippen LogP contribution is -2.36. The average Bonchev–Trinajstić information content (AvgIpc) is 2.74. The minimum absolute atomic E-state index is 0.128. The van der Waals surface area contributed by atoms with Crippen molar-refractivity contribution in [2.24, 2.45) is 0 Å². The molecule has 0 unspecified atom stereocenters. The number of urea groups is 1. The Hall–Kier alpha value is -3.53. The molecular formula is C23H27N5O2. The second kappa shape index (κ2) is 9.79. The maximum atomic E-state index is 12.9. The van der Waals surface area contributed by atoms with Crippen molar-refractivity contribution in [3.05, 3.63) is 53.6 Å². The SMILES string of the molecule is CN(C)c1ccc(NC(=O)Nc2cccc(C#N)c2)cc1C(=O)NC1CCCCC1. The van der Waals surface area contributed by atoms with Gasteiger partial charge in [0.05, 0.1) is 17.2 Å². The number of amides is 3. The van der Waals surface area contributed by atoms with Crippen LogP contribution in [0, 0.1) is 11.3 Å². The van der Waals surface area contributed by atoms with Crippen LogP contribution in [-0.2, 0) is 0 Å². The van der Waals surface area contributed by atoms with Gasteiger partial charge in [0, 0.05) is 37.2 Å². The number of rotatable bonds is 5. The fourth-order valence-corrected chi connectivity index (χ4v) is 3.66. The molecule has 0 heterocycles. The third kappa shape index (κ3) is 5.51. The van der Waals surface area contributed by atoms with Crippen LogP contribution in [0.5, 0.6) is 0 Å². The zero-order valence-electron chi connectivity index (χ0n) is 17.4. The van der Waals surface area contributed by atoms with E-state index in [2.05, 4.69) is 16.0 Å². The van der Waals surface area contributed by atoms with E-state index in [4.69, 9.17) is 5.26 Å². The van der Waals surface area contributed by atoms with E-state index in [1.807, 2.05) is 31.1 Å². The monoisotopic (exact) mass is 405 g/mol. The van der Waals surface area contributed by atoms with Crippen molar-refractivity contribution in [1.82, 2.24) is 5.32 Å². The molecule has 0 saturated heterocycles. The van der Waals surface area contributed by atoms with Gasteiger partial charge in [-0.15, -0.1) is 0 Å². The van der Waals surface area contributed by atoms with E-state index in [0.717, 1.165) is 31.4 Å². The molecule has 3 N–H and O–H groups in total. The molecule has 0 aromatic heterocycles. The fourth-order valence-electron chi connectivity index (χ4n) is 3.66. The Bertz CT molecular complexity index is 958. The highest BCUT2D eigenvalue weighted by molar-refractivity contribution is 6.04. The first-order chi connectivity index (χ1) is 14.5. The molecule has 3 amide bonds. The van der Waals surface area contributed by atoms with Gasteiger partial charge >= 0.3 is 6.03 Å². The number of carbonyl (C=O) groups is 2. The van der Waals surface area contributed by atoms with Crippen LogP contribution in [0.15, 0.2) is 42.5 Å². The number of carbonyl (C=O) groups excluding carboxylic acids is 2. The molecule has 156 valence electrons. The van der Waals surface area contributed by atoms with Crippen molar-refractivity contribution in [1.29, 1.82) is 5.26 Å². The molecule has 1 aliphatic carbocycles. The van der Waals surface area contributed by atoms with Gasteiger partial charge in [-0.05, 0) is 49.2 Å². The van der Waals surface area contributed by atoms with E-state index in [0.29, 0.717) is 22.5 Å². The molecule has 0 atom stereocenters. The Morgan fingerprint density at radius 1 is 1.00 bits per heavy atom. The number of nitriles is 1. The van der Waals surface area contributed by atoms with Crippen molar-refractivity contribution in [2.75, 3.05) is 29.6 Å². The Kier molecular flexibility index (Phi) is 6.91. The van der Waals surface area contributed by atoms with Crippen molar-refractivity contribution >= 4 is 29.0 Å². The van der Waals surface area contributed by atoms with Gasteiger partial charge in [0.1, 0.15) is 0 Å². The highest BCUT2D eigenvalue weighted by Gasteiger charge is 2.20. The lowest BCUT2D eigenvalue weighted by molar-refractivity contribution is 0.0928. The van der Waals surface area contributed by atoms with Gasteiger partial charge in [-0.3, -0.25) is 4.79 Å². The average molecular weight is 406 g/mol. The summed E-state index contributed by atoms with van der Waals surface area (Å²) in [6, 6.07) is 13.7. The van der Waals surface area contributed by atoms with Crippen LogP contribution in [0.3, 0.4) is 0 Å². The van der Waals surface area contributed by atoms with Crippen molar-refractivity contribution in [2.45, 2.75) is 38.1 Å². The lowest BCUT2D eigenvalue weighted by atomic mass is 9.95. The smallest absolute Gasteiger partial charge is 0.323 e. The molecule has 0 spiro atoms. The van der Waals surface area contributed by atoms with E-state index in [1.54, 1.807) is 36.4 Å². The van der Waals surface area contributed by atoms with E-state index < -0.39 is 6.03 Å². The number of hydrogen-bond donors (Lipinski definition) is 3. The summed E-state index contributed by atoms with van der Waals surface area (Å²) in [4.78, 5) is 27.2. The Labute approximate surface area is 177 Å². The molecule has 30 heavy (non-hydrogen) atoms. The minimum atomic E-state index is -0.443. The van der Waals surface area contributed by atoms with E-state index in [1.165, 1.54) is 6.42 Å². The van der Waals surface area contributed by atoms with Crippen LogP contribution in [0.2, 0.25) is 0 Å². The zero-order valence-corrected chi connectivity index (χ0v) is 17.4. The van der Waals surface area contributed by atoms with Gasteiger partial charge in [-0.25, -0.2) is 4.79 Å². The van der Waals surface area contributed by atoms with E-state index >= 15 is 0 Å². The molecule has 0 aliphatic heterocycles. The normalized spacial score (nSPS) is 13.8. The second-order valence-electron chi connectivity index (χ2n) is 7.71. The van der Waals surface area contributed by atoms with Gasteiger partial charge in [-0.1, -0.05) is 25.3 Å². The largest absolute Gasteiger partial charge is 0.377 e. The maximum Gasteiger partial charge on any atom is 0.323 e. The van der Waals surface area contributed by atoms with E-state index in [-0.39, 0.29) is 11.9 Å². The molecule has 7 heteroatoms.